The number of nitrogens with two attached hydrogens (primary N) is 1. The summed E-state index contributed by atoms with van der Waals surface area (Å²) in [6, 6.07) is 8.05. The number of nitrogens with zero attached hydrogens (tertiary/aromatic N) is 4. The number of nitrogen functional groups attached to an aromatic ring is 1. The quantitative estimate of drug-likeness (QED) is 0.798. The van der Waals surface area contributed by atoms with E-state index in [1.807, 2.05) is 18.2 Å². The van der Waals surface area contributed by atoms with E-state index in [1.54, 1.807) is 4.52 Å². The van der Waals surface area contributed by atoms with Gasteiger partial charge in [0.15, 0.2) is 5.82 Å². The molecular weight excluding hydrogens is 274 g/mol. The minimum atomic E-state index is 0.311. The Balaban J connectivity index is 1.77. The topological polar surface area (TPSA) is 78.3 Å². The summed E-state index contributed by atoms with van der Waals surface area (Å²) in [5.41, 5.74) is 6.88. The van der Waals surface area contributed by atoms with Gasteiger partial charge in [0.1, 0.15) is 12.4 Å². The molecule has 7 heteroatoms. The van der Waals surface area contributed by atoms with Crippen LogP contribution in [0.25, 0.3) is 4.96 Å². The molecule has 0 saturated carbocycles. The Hall–Kier alpha value is -2.15. The largest absolute Gasteiger partial charge is 0.486 e. The third kappa shape index (κ3) is 2.44. The van der Waals surface area contributed by atoms with Crippen LogP contribution in [-0.2, 0) is 6.61 Å². The third-order valence-corrected chi connectivity index (χ3v) is 3.69. The van der Waals surface area contributed by atoms with Gasteiger partial charge in [0, 0.05) is 0 Å². The van der Waals surface area contributed by atoms with Crippen molar-refractivity contribution in [3.63, 3.8) is 0 Å². The van der Waals surface area contributed by atoms with Crippen molar-refractivity contribution in [3.05, 3.63) is 35.7 Å². The molecule has 20 heavy (non-hydrogen) atoms. The average molecular weight is 289 g/mol. The average Bonchev–Trinajstić information content (AvgIpc) is 2.96. The summed E-state index contributed by atoms with van der Waals surface area (Å²) < 4.78 is 7.38. The molecule has 0 aliphatic rings. The summed E-state index contributed by atoms with van der Waals surface area (Å²) in [4.78, 5) is 0.678. The van der Waals surface area contributed by atoms with E-state index in [0.29, 0.717) is 28.4 Å². The van der Waals surface area contributed by atoms with Crippen LogP contribution in [-0.4, -0.2) is 19.8 Å². The minimum Gasteiger partial charge on any atom is -0.486 e. The van der Waals surface area contributed by atoms with E-state index in [2.05, 4.69) is 35.2 Å². The maximum atomic E-state index is 5.76. The van der Waals surface area contributed by atoms with Gasteiger partial charge in [-0.2, -0.15) is 4.52 Å². The van der Waals surface area contributed by atoms with Crippen LogP contribution in [0.15, 0.2) is 24.3 Å². The first-order valence-electron chi connectivity index (χ1n) is 6.33. The van der Waals surface area contributed by atoms with Crippen molar-refractivity contribution in [3.8, 4) is 5.75 Å². The van der Waals surface area contributed by atoms with Gasteiger partial charge in [0.05, 0.1) is 0 Å². The van der Waals surface area contributed by atoms with Crippen molar-refractivity contribution in [1.82, 2.24) is 19.8 Å². The van der Waals surface area contributed by atoms with Crippen molar-refractivity contribution in [2.45, 2.75) is 26.4 Å². The van der Waals surface area contributed by atoms with Gasteiger partial charge in [-0.3, -0.25) is 0 Å². The standard InChI is InChI=1S/C13H15N5OS/c1-8(2)9-4-3-5-10(6-9)19-7-11-15-16-13-18(11)17-12(14)20-13/h3-6,8H,7H2,1-2H3,(H2,14,17). The smallest absolute Gasteiger partial charge is 0.236 e. The highest BCUT2D eigenvalue weighted by Gasteiger charge is 2.11. The van der Waals surface area contributed by atoms with Crippen LogP contribution < -0.4 is 10.5 Å². The van der Waals surface area contributed by atoms with Crippen LogP contribution in [0.1, 0.15) is 31.2 Å². The lowest BCUT2D eigenvalue weighted by Gasteiger charge is -2.08. The van der Waals surface area contributed by atoms with Crippen LogP contribution in [0.2, 0.25) is 0 Å². The van der Waals surface area contributed by atoms with Gasteiger partial charge in [-0.15, -0.1) is 15.3 Å². The fourth-order valence-corrected chi connectivity index (χ4v) is 2.50. The highest BCUT2D eigenvalue weighted by molar-refractivity contribution is 7.20. The Bertz CT molecular complexity index is 733. The molecule has 2 heterocycles. The van der Waals surface area contributed by atoms with E-state index in [4.69, 9.17) is 10.5 Å². The predicted octanol–water partition coefficient (Wildman–Crippen LogP) is 2.47. The van der Waals surface area contributed by atoms with Crippen LogP contribution in [0, 0.1) is 0 Å². The molecule has 0 fully saturated rings. The summed E-state index contributed by atoms with van der Waals surface area (Å²) in [6.07, 6.45) is 0. The van der Waals surface area contributed by atoms with Crippen molar-refractivity contribution in [2.24, 2.45) is 0 Å². The number of rotatable bonds is 4. The van der Waals surface area contributed by atoms with E-state index >= 15 is 0 Å². The molecular formula is C13H15N5OS. The van der Waals surface area contributed by atoms with E-state index in [-0.39, 0.29) is 0 Å². The van der Waals surface area contributed by atoms with Crippen LogP contribution in [0.3, 0.4) is 0 Å². The van der Waals surface area contributed by atoms with E-state index in [1.165, 1.54) is 16.9 Å². The molecule has 0 amide bonds. The first-order valence-corrected chi connectivity index (χ1v) is 7.14. The third-order valence-electron chi connectivity index (χ3n) is 2.96. The molecule has 104 valence electrons. The highest BCUT2D eigenvalue weighted by Crippen LogP contribution is 2.21. The van der Waals surface area contributed by atoms with Gasteiger partial charge in [-0.05, 0) is 23.6 Å². The van der Waals surface area contributed by atoms with E-state index < -0.39 is 0 Å². The lowest BCUT2D eigenvalue weighted by atomic mass is 10.0. The second-order valence-corrected chi connectivity index (χ2v) is 5.75. The molecule has 3 aromatic rings. The normalized spacial score (nSPS) is 11.3. The number of benzene rings is 1. The molecule has 2 aromatic heterocycles. The van der Waals surface area contributed by atoms with Crippen LogP contribution in [0.5, 0.6) is 5.75 Å². The summed E-state index contributed by atoms with van der Waals surface area (Å²) in [5.74, 6) is 1.93. The Kier molecular flexibility index (Phi) is 3.27. The molecule has 0 unspecified atom stereocenters. The minimum absolute atomic E-state index is 0.311. The summed E-state index contributed by atoms with van der Waals surface area (Å²) in [5, 5.41) is 12.7. The first-order chi connectivity index (χ1) is 9.63. The van der Waals surface area contributed by atoms with Gasteiger partial charge in [0.2, 0.25) is 10.1 Å². The second kappa shape index (κ2) is 5.09. The Morgan fingerprint density at radius 2 is 2.20 bits per heavy atom. The van der Waals surface area contributed by atoms with Gasteiger partial charge < -0.3 is 10.5 Å². The molecule has 0 spiro atoms. The second-order valence-electron chi connectivity index (χ2n) is 4.77. The van der Waals surface area contributed by atoms with Crippen molar-refractivity contribution < 1.29 is 4.74 Å². The molecule has 0 saturated heterocycles. The number of anilines is 1. The van der Waals surface area contributed by atoms with Gasteiger partial charge in [-0.25, -0.2) is 0 Å². The monoisotopic (exact) mass is 289 g/mol. The van der Waals surface area contributed by atoms with E-state index in [9.17, 15) is 0 Å². The maximum Gasteiger partial charge on any atom is 0.236 e. The van der Waals surface area contributed by atoms with E-state index in [0.717, 1.165) is 5.75 Å². The lowest BCUT2D eigenvalue weighted by Crippen LogP contribution is -2.03. The first kappa shape index (κ1) is 12.9. The number of hydrogen-bond donors (Lipinski definition) is 1. The Morgan fingerprint density at radius 3 is 3.00 bits per heavy atom. The zero-order chi connectivity index (χ0) is 14.1. The molecule has 0 atom stereocenters. The summed E-state index contributed by atoms with van der Waals surface area (Å²) in [6.45, 7) is 4.62. The number of hydrogen-bond acceptors (Lipinski definition) is 6. The van der Waals surface area contributed by atoms with Gasteiger partial charge in [0.25, 0.3) is 0 Å². The summed E-state index contributed by atoms with van der Waals surface area (Å²) >= 11 is 1.30. The molecule has 0 bridgehead atoms. The zero-order valence-corrected chi connectivity index (χ0v) is 12.1. The molecule has 0 aliphatic heterocycles. The number of aromatic nitrogens is 4. The van der Waals surface area contributed by atoms with Gasteiger partial charge >= 0.3 is 0 Å². The Labute approximate surface area is 120 Å². The zero-order valence-electron chi connectivity index (χ0n) is 11.3. The maximum absolute atomic E-state index is 5.76. The fraction of sp³-hybridized carbons (Fsp3) is 0.308. The number of fused-ring (bicyclic) bond motifs is 1. The fourth-order valence-electron chi connectivity index (χ4n) is 1.87. The molecule has 0 radical (unpaired) electrons. The highest BCUT2D eigenvalue weighted by atomic mass is 32.1. The number of ether oxygens (including phenoxy) is 1. The SMILES string of the molecule is CC(C)c1cccc(OCc2nnc3sc(N)nn23)c1. The Morgan fingerprint density at radius 1 is 1.35 bits per heavy atom. The molecule has 1 aromatic carbocycles. The molecule has 0 aliphatic carbocycles. The van der Waals surface area contributed by atoms with Crippen molar-refractivity contribution in [2.75, 3.05) is 5.73 Å². The predicted molar refractivity (Wildman–Crippen MR) is 77.9 cm³/mol. The van der Waals surface area contributed by atoms with Crippen LogP contribution in [0.4, 0.5) is 5.13 Å². The molecule has 2 N–H and O–H groups in total. The van der Waals surface area contributed by atoms with Crippen LogP contribution >= 0.6 is 11.3 Å². The van der Waals surface area contributed by atoms with Crippen molar-refractivity contribution >= 4 is 21.4 Å². The molecule has 6 nitrogen and oxygen atoms in total. The lowest BCUT2D eigenvalue weighted by molar-refractivity contribution is 0.292. The van der Waals surface area contributed by atoms with Crippen molar-refractivity contribution in [1.29, 1.82) is 0 Å². The molecule has 3 rings (SSSR count). The summed E-state index contributed by atoms with van der Waals surface area (Å²) in [7, 11) is 0. The van der Waals surface area contributed by atoms with Gasteiger partial charge in [-0.1, -0.05) is 37.3 Å².